The minimum atomic E-state index is -0.696. The molecule has 1 amide bonds. The van der Waals surface area contributed by atoms with Crippen molar-refractivity contribution in [2.75, 3.05) is 0 Å². The first-order valence-corrected chi connectivity index (χ1v) is 10.2. The van der Waals surface area contributed by atoms with Gasteiger partial charge in [0.25, 0.3) is 0 Å². The fourth-order valence-corrected chi connectivity index (χ4v) is 4.23. The Morgan fingerprint density at radius 3 is 2.83 bits per heavy atom. The number of hydrogen-bond acceptors (Lipinski definition) is 5. The maximum atomic E-state index is 14.8. The molecule has 30 heavy (non-hydrogen) atoms. The summed E-state index contributed by atoms with van der Waals surface area (Å²) in [5.41, 5.74) is 9.13. The van der Waals surface area contributed by atoms with E-state index in [1.165, 1.54) is 6.07 Å². The molecule has 3 aromatic rings. The third-order valence-corrected chi connectivity index (χ3v) is 6.10. The maximum absolute atomic E-state index is 14.8. The molecule has 0 radical (unpaired) electrons. The van der Waals surface area contributed by atoms with Gasteiger partial charge >= 0.3 is 0 Å². The number of halogens is 2. The van der Waals surface area contributed by atoms with Crippen LogP contribution in [0, 0.1) is 12.7 Å². The molecule has 8 heteroatoms. The van der Waals surface area contributed by atoms with Crippen LogP contribution in [0.5, 0.6) is 0 Å². The minimum absolute atomic E-state index is 0.0574. The Labute approximate surface area is 177 Å². The number of aryl methyl sites for hydroxylation is 2. The van der Waals surface area contributed by atoms with Gasteiger partial charge in [-0.3, -0.25) is 4.79 Å². The molecule has 1 heterocycles. The largest absolute Gasteiger partial charge is 0.348 e. The van der Waals surface area contributed by atoms with E-state index in [2.05, 4.69) is 15.5 Å². The predicted octanol–water partition coefficient (Wildman–Crippen LogP) is 4.10. The Bertz CT molecular complexity index is 1170. The molecule has 3 N–H and O–H groups in total. The highest BCUT2D eigenvalue weighted by Gasteiger charge is 2.46. The van der Waals surface area contributed by atoms with Crippen molar-refractivity contribution in [3.63, 3.8) is 0 Å². The third kappa shape index (κ3) is 3.28. The van der Waals surface area contributed by atoms with Crippen molar-refractivity contribution in [2.45, 2.75) is 44.2 Å². The van der Waals surface area contributed by atoms with E-state index in [0.29, 0.717) is 11.5 Å². The molecule has 0 saturated heterocycles. The number of carbonyl (C=O) groups excluding carboxylic acids is 1. The van der Waals surface area contributed by atoms with E-state index in [1.54, 1.807) is 13.0 Å². The fraction of sp³-hybridized carbons (Fsp3) is 0.318. The summed E-state index contributed by atoms with van der Waals surface area (Å²) in [6.07, 6.45) is 3.08. The molecule has 1 aromatic heterocycles. The van der Waals surface area contributed by atoms with Gasteiger partial charge in [0.05, 0.1) is 17.1 Å². The summed E-state index contributed by atoms with van der Waals surface area (Å²) in [6, 6.07) is 8.78. The quantitative estimate of drug-likeness (QED) is 0.655. The summed E-state index contributed by atoms with van der Waals surface area (Å²) < 4.78 is 19.9. The van der Waals surface area contributed by atoms with Crippen LogP contribution in [-0.4, -0.2) is 21.6 Å². The lowest BCUT2D eigenvalue weighted by Gasteiger charge is -2.17. The van der Waals surface area contributed by atoms with Crippen LogP contribution in [0.1, 0.15) is 42.3 Å². The summed E-state index contributed by atoms with van der Waals surface area (Å²) in [4.78, 5) is 16.5. The smallest absolute Gasteiger partial charge is 0.240 e. The van der Waals surface area contributed by atoms with E-state index in [1.807, 2.05) is 18.2 Å². The zero-order chi connectivity index (χ0) is 21.0. The zero-order valence-electron chi connectivity index (χ0n) is 16.3. The van der Waals surface area contributed by atoms with Gasteiger partial charge in [0.2, 0.25) is 17.6 Å². The highest BCUT2D eigenvalue weighted by molar-refractivity contribution is 6.31. The zero-order valence-corrected chi connectivity index (χ0v) is 17.1. The van der Waals surface area contributed by atoms with Crippen molar-refractivity contribution in [3.05, 3.63) is 58.2 Å². The molecule has 1 saturated carbocycles. The van der Waals surface area contributed by atoms with Crippen LogP contribution in [0.4, 0.5) is 4.39 Å². The van der Waals surface area contributed by atoms with Gasteiger partial charge in [-0.25, -0.2) is 4.39 Å². The standard InChI is InChI=1S/C22H20ClFN4O2/c1-11-26-20(28-30-11)19-16(9-14(23)10-17(19)24)13-2-4-15-12(8-13)3-5-18(15)27-21(29)22(25)6-7-22/h2,4,8-10,18H,3,5-7,25H2,1H3,(H,27,29). The van der Waals surface area contributed by atoms with Crippen molar-refractivity contribution >= 4 is 17.5 Å². The van der Waals surface area contributed by atoms with Crippen LogP contribution in [0.15, 0.2) is 34.9 Å². The van der Waals surface area contributed by atoms with Crippen LogP contribution in [0.3, 0.4) is 0 Å². The average Bonchev–Trinajstić information content (AvgIpc) is 3.13. The summed E-state index contributed by atoms with van der Waals surface area (Å²) in [7, 11) is 0. The number of nitrogens with one attached hydrogen (secondary N) is 1. The van der Waals surface area contributed by atoms with Crippen molar-refractivity contribution in [1.29, 1.82) is 0 Å². The fourth-order valence-electron chi connectivity index (χ4n) is 4.03. The lowest BCUT2D eigenvalue weighted by atomic mass is 9.95. The molecule has 154 valence electrons. The second kappa shape index (κ2) is 6.89. The van der Waals surface area contributed by atoms with Crippen LogP contribution >= 0.6 is 11.6 Å². The Kier molecular flexibility index (Phi) is 4.41. The highest BCUT2D eigenvalue weighted by atomic mass is 35.5. The molecule has 0 spiro atoms. The Hall–Kier alpha value is -2.77. The highest BCUT2D eigenvalue weighted by Crippen LogP contribution is 2.40. The maximum Gasteiger partial charge on any atom is 0.240 e. The van der Waals surface area contributed by atoms with Crippen molar-refractivity contribution in [3.8, 4) is 22.5 Å². The van der Waals surface area contributed by atoms with Gasteiger partial charge in [-0.15, -0.1) is 0 Å². The second-order valence-electron chi connectivity index (χ2n) is 8.08. The number of nitrogens with zero attached hydrogens (tertiary/aromatic N) is 2. The normalized spacial score (nSPS) is 18.9. The van der Waals surface area contributed by atoms with Gasteiger partial charge in [0.15, 0.2) is 0 Å². The monoisotopic (exact) mass is 426 g/mol. The first-order chi connectivity index (χ1) is 14.3. The van der Waals surface area contributed by atoms with E-state index in [0.717, 1.165) is 42.4 Å². The van der Waals surface area contributed by atoms with Gasteiger partial charge in [-0.05, 0) is 60.1 Å². The molecule has 0 bridgehead atoms. The van der Waals surface area contributed by atoms with Crippen LogP contribution in [-0.2, 0) is 11.2 Å². The molecular weight excluding hydrogens is 407 g/mol. The average molecular weight is 427 g/mol. The minimum Gasteiger partial charge on any atom is -0.348 e. The number of rotatable bonds is 4. The number of amides is 1. The topological polar surface area (TPSA) is 94.0 Å². The summed E-state index contributed by atoms with van der Waals surface area (Å²) in [5.74, 6) is -0.0659. The first kappa shape index (κ1) is 19.2. The van der Waals surface area contributed by atoms with Crippen molar-refractivity contribution < 1.29 is 13.7 Å². The van der Waals surface area contributed by atoms with Crippen LogP contribution in [0.25, 0.3) is 22.5 Å². The van der Waals surface area contributed by atoms with E-state index < -0.39 is 11.4 Å². The second-order valence-corrected chi connectivity index (χ2v) is 8.52. The van der Waals surface area contributed by atoms with E-state index in [4.69, 9.17) is 21.9 Å². The number of fused-ring (bicyclic) bond motifs is 1. The predicted molar refractivity (Wildman–Crippen MR) is 110 cm³/mol. The first-order valence-electron chi connectivity index (χ1n) is 9.87. The lowest BCUT2D eigenvalue weighted by Crippen LogP contribution is -2.43. The van der Waals surface area contributed by atoms with Gasteiger partial charge in [0.1, 0.15) is 5.82 Å². The molecule has 1 unspecified atom stereocenters. The molecule has 0 aliphatic heterocycles. The Morgan fingerprint density at radius 1 is 1.33 bits per heavy atom. The number of hydrogen-bond donors (Lipinski definition) is 2. The molecule has 1 atom stereocenters. The summed E-state index contributed by atoms with van der Waals surface area (Å²) in [6.45, 7) is 1.65. The number of carbonyl (C=O) groups is 1. The SMILES string of the molecule is Cc1nc(-c2c(F)cc(Cl)cc2-c2ccc3c(c2)CCC3NC(=O)C2(N)CC2)no1. The molecule has 2 aliphatic rings. The third-order valence-electron chi connectivity index (χ3n) is 5.88. The number of nitrogens with two attached hydrogens (primary N) is 1. The van der Waals surface area contributed by atoms with E-state index >= 15 is 0 Å². The van der Waals surface area contributed by atoms with Gasteiger partial charge in [-0.2, -0.15) is 4.98 Å². The Morgan fingerprint density at radius 2 is 2.13 bits per heavy atom. The van der Waals surface area contributed by atoms with E-state index in [9.17, 15) is 9.18 Å². The Balaban J connectivity index is 1.52. The molecule has 2 aromatic carbocycles. The molecule has 1 fully saturated rings. The van der Waals surface area contributed by atoms with Crippen LogP contribution < -0.4 is 11.1 Å². The number of aromatic nitrogens is 2. The van der Waals surface area contributed by atoms with Crippen molar-refractivity contribution in [1.82, 2.24) is 15.5 Å². The molecule has 2 aliphatic carbocycles. The van der Waals surface area contributed by atoms with Gasteiger partial charge < -0.3 is 15.6 Å². The summed E-state index contributed by atoms with van der Waals surface area (Å²) >= 11 is 6.15. The number of benzene rings is 2. The summed E-state index contributed by atoms with van der Waals surface area (Å²) in [5, 5.41) is 7.24. The van der Waals surface area contributed by atoms with Gasteiger partial charge in [0, 0.05) is 11.9 Å². The van der Waals surface area contributed by atoms with Crippen molar-refractivity contribution in [2.24, 2.45) is 5.73 Å². The molecule has 6 nitrogen and oxygen atoms in total. The lowest BCUT2D eigenvalue weighted by molar-refractivity contribution is -0.124. The van der Waals surface area contributed by atoms with Crippen LogP contribution in [0.2, 0.25) is 5.02 Å². The van der Waals surface area contributed by atoms with Gasteiger partial charge in [-0.1, -0.05) is 35.0 Å². The molecule has 5 rings (SSSR count). The van der Waals surface area contributed by atoms with E-state index in [-0.39, 0.29) is 28.4 Å². The molecular formula is C22H20ClFN4O2.